The van der Waals surface area contributed by atoms with Crippen molar-refractivity contribution in [1.82, 2.24) is 5.48 Å². The topological polar surface area (TPSA) is 50.4 Å². The van der Waals surface area contributed by atoms with E-state index in [1.165, 1.54) is 12.7 Å². The Labute approximate surface area is 82.2 Å². The third kappa shape index (κ3) is 1.56. The average molecular weight is 192 g/mol. The smallest absolute Gasteiger partial charge is 0.266 e. The Morgan fingerprint density at radius 1 is 1.57 bits per heavy atom. The van der Waals surface area contributed by atoms with Crippen LogP contribution in [0.1, 0.15) is 5.56 Å². The molecule has 0 radical (unpaired) electrons. The van der Waals surface area contributed by atoms with Crippen LogP contribution < -0.4 is 10.8 Å². The third-order valence-corrected chi connectivity index (χ3v) is 2.29. The third-order valence-electron chi connectivity index (χ3n) is 2.29. The number of rotatable bonds is 2. The number of hydrogen-bond donors (Lipinski definition) is 2. The summed E-state index contributed by atoms with van der Waals surface area (Å²) in [7, 11) is 1.43. The summed E-state index contributed by atoms with van der Waals surface area (Å²) in [6.45, 7) is 0. The number of benzene rings is 1. The number of carbonyl (C=O) groups excluding carboxylic acids is 1. The largest absolute Gasteiger partial charge is 0.373 e. The molecule has 1 aromatic rings. The van der Waals surface area contributed by atoms with Crippen LogP contribution in [-0.2, 0) is 16.1 Å². The van der Waals surface area contributed by atoms with Crippen LogP contribution in [0.2, 0.25) is 0 Å². The van der Waals surface area contributed by atoms with E-state index in [4.69, 9.17) is 0 Å². The molecule has 0 unspecified atom stereocenters. The Balaban J connectivity index is 2.08. The van der Waals surface area contributed by atoms with Gasteiger partial charge in [0.15, 0.2) is 0 Å². The molecule has 0 fully saturated rings. The highest BCUT2D eigenvalue weighted by atomic mass is 16.6. The molecule has 2 rings (SSSR count). The number of hydrogen-bond acceptors (Lipinski definition) is 3. The summed E-state index contributed by atoms with van der Waals surface area (Å²) >= 11 is 0. The van der Waals surface area contributed by atoms with Crippen LogP contribution in [-0.4, -0.2) is 19.1 Å². The molecule has 0 bridgehead atoms. The lowest BCUT2D eigenvalue weighted by Crippen LogP contribution is -2.37. The fourth-order valence-electron chi connectivity index (χ4n) is 1.63. The molecule has 0 aromatic heterocycles. The van der Waals surface area contributed by atoms with E-state index in [0.29, 0.717) is 6.42 Å². The van der Waals surface area contributed by atoms with E-state index in [0.717, 1.165) is 5.69 Å². The summed E-state index contributed by atoms with van der Waals surface area (Å²) in [4.78, 5) is 16.0. The van der Waals surface area contributed by atoms with E-state index in [2.05, 4.69) is 15.6 Å². The lowest BCUT2D eigenvalue weighted by atomic mass is 10.1. The normalized spacial score (nSPS) is 18.5. The molecule has 4 heteroatoms. The summed E-state index contributed by atoms with van der Waals surface area (Å²) in [6, 6.07) is 7.68. The molecular weight excluding hydrogens is 180 g/mol. The first-order valence-corrected chi connectivity index (χ1v) is 4.48. The zero-order valence-electron chi connectivity index (χ0n) is 7.91. The van der Waals surface area contributed by atoms with Crippen molar-refractivity contribution in [3.8, 4) is 0 Å². The number of hydroxylamine groups is 1. The Kier molecular flexibility index (Phi) is 2.37. The number of carbonyl (C=O) groups is 1. The standard InChI is InChI=1S/C10H12N2O2/c1-14-12-10(13)9-6-7-4-2-3-5-8(7)11-9/h2-5,9,11H,6H2,1H3,(H,12,13)/t9-/m0/s1. The van der Waals surface area contributed by atoms with Gasteiger partial charge in [-0.2, -0.15) is 0 Å². The molecule has 0 saturated heterocycles. The maximum Gasteiger partial charge on any atom is 0.266 e. The van der Waals surface area contributed by atoms with Gasteiger partial charge in [0.1, 0.15) is 6.04 Å². The van der Waals surface area contributed by atoms with Crippen molar-refractivity contribution in [2.75, 3.05) is 12.4 Å². The van der Waals surface area contributed by atoms with Gasteiger partial charge in [0.25, 0.3) is 5.91 Å². The van der Waals surface area contributed by atoms with E-state index in [1.807, 2.05) is 24.3 Å². The number of fused-ring (bicyclic) bond motifs is 1. The predicted octanol–water partition coefficient (Wildman–Crippen LogP) is 0.701. The lowest BCUT2D eigenvalue weighted by Gasteiger charge is -2.09. The van der Waals surface area contributed by atoms with Crippen molar-refractivity contribution in [3.05, 3.63) is 29.8 Å². The van der Waals surface area contributed by atoms with Gasteiger partial charge in [0.05, 0.1) is 7.11 Å². The van der Waals surface area contributed by atoms with Crippen molar-refractivity contribution >= 4 is 11.6 Å². The second-order valence-electron chi connectivity index (χ2n) is 3.23. The molecular formula is C10H12N2O2. The van der Waals surface area contributed by atoms with Crippen LogP contribution >= 0.6 is 0 Å². The van der Waals surface area contributed by atoms with Gasteiger partial charge < -0.3 is 5.32 Å². The molecule has 1 heterocycles. The van der Waals surface area contributed by atoms with Gasteiger partial charge in [-0.05, 0) is 11.6 Å². The van der Waals surface area contributed by atoms with Crippen molar-refractivity contribution in [2.45, 2.75) is 12.5 Å². The highest BCUT2D eigenvalue weighted by molar-refractivity contribution is 5.86. The summed E-state index contributed by atoms with van der Waals surface area (Å²) < 4.78 is 0. The second-order valence-corrected chi connectivity index (χ2v) is 3.23. The van der Waals surface area contributed by atoms with E-state index in [1.54, 1.807) is 0 Å². The summed E-state index contributed by atoms with van der Waals surface area (Å²) in [5, 5.41) is 3.13. The SMILES string of the molecule is CONC(=O)[C@@H]1Cc2ccccc2N1. The molecule has 1 atom stereocenters. The van der Waals surface area contributed by atoms with E-state index in [9.17, 15) is 4.79 Å². The summed E-state index contributed by atoms with van der Waals surface area (Å²) in [5.74, 6) is -0.135. The van der Waals surface area contributed by atoms with Crippen molar-refractivity contribution in [2.24, 2.45) is 0 Å². The van der Waals surface area contributed by atoms with Gasteiger partial charge in [0, 0.05) is 12.1 Å². The van der Waals surface area contributed by atoms with Gasteiger partial charge in [-0.15, -0.1) is 0 Å². The lowest BCUT2D eigenvalue weighted by molar-refractivity contribution is -0.131. The van der Waals surface area contributed by atoms with Crippen LogP contribution in [0.3, 0.4) is 0 Å². The summed E-state index contributed by atoms with van der Waals surface area (Å²) in [5.41, 5.74) is 4.52. The zero-order chi connectivity index (χ0) is 9.97. The minimum absolute atomic E-state index is 0.135. The van der Waals surface area contributed by atoms with Crippen LogP contribution in [0.5, 0.6) is 0 Å². The Morgan fingerprint density at radius 2 is 2.36 bits per heavy atom. The molecule has 1 aliphatic rings. The molecule has 4 nitrogen and oxygen atoms in total. The van der Waals surface area contributed by atoms with Crippen molar-refractivity contribution < 1.29 is 9.63 Å². The minimum Gasteiger partial charge on any atom is -0.373 e. The molecule has 74 valence electrons. The number of nitrogens with one attached hydrogen (secondary N) is 2. The first kappa shape index (κ1) is 9.02. The first-order valence-electron chi connectivity index (χ1n) is 4.48. The zero-order valence-corrected chi connectivity index (χ0v) is 7.91. The fraction of sp³-hybridized carbons (Fsp3) is 0.300. The maximum absolute atomic E-state index is 11.4. The van der Waals surface area contributed by atoms with Gasteiger partial charge in [-0.1, -0.05) is 18.2 Å². The molecule has 1 aromatic carbocycles. The predicted molar refractivity (Wildman–Crippen MR) is 52.7 cm³/mol. The number of amides is 1. The fourth-order valence-corrected chi connectivity index (χ4v) is 1.63. The van der Waals surface area contributed by atoms with Crippen LogP contribution in [0.15, 0.2) is 24.3 Å². The molecule has 1 aliphatic heterocycles. The molecule has 1 amide bonds. The highest BCUT2D eigenvalue weighted by Crippen LogP contribution is 2.24. The van der Waals surface area contributed by atoms with Gasteiger partial charge >= 0.3 is 0 Å². The molecule has 0 saturated carbocycles. The molecule has 14 heavy (non-hydrogen) atoms. The van der Waals surface area contributed by atoms with Gasteiger partial charge in [-0.3, -0.25) is 9.63 Å². The van der Waals surface area contributed by atoms with E-state index >= 15 is 0 Å². The minimum atomic E-state index is -0.215. The Hall–Kier alpha value is -1.55. The molecule has 2 N–H and O–H groups in total. The highest BCUT2D eigenvalue weighted by Gasteiger charge is 2.25. The average Bonchev–Trinajstić information content (AvgIpc) is 2.61. The van der Waals surface area contributed by atoms with E-state index in [-0.39, 0.29) is 11.9 Å². The second kappa shape index (κ2) is 3.67. The molecule has 0 aliphatic carbocycles. The van der Waals surface area contributed by atoms with Crippen LogP contribution in [0.4, 0.5) is 5.69 Å². The monoisotopic (exact) mass is 192 g/mol. The Morgan fingerprint density at radius 3 is 3.07 bits per heavy atom. The maximum atomic E-state index is 11.4. The number of anilines is 1. The van der Waals surface area contributed by atoms with Crippen LogP contribution in [0, 0.1) is 0 Å². The Bertz CT molecular complexity index is 327. The van der Waals surface area contributed by atoms with E-state index < -0.39 is 0 Å². The first-order chi connectivity index (χ1) is 6.81. The quantitative estimate of drug-likeness (QED) is 0.678. The van der Waals surface area contributed by atoms with Crippen molar-refractivity contribution in [1.29, 1.82) is 0 Å². The van der Waals surface area contributed by atoms with Gasteiger partial charge in [0.2, 0.25) is 0 Å². The van der Waals surface area contributed by atoms with Crippen LogP contribution in [0.25, 0.3) is 0 Å². The summed E-state index contributed by atoms with van der Waals surface area (Å²) in [6.07, 6.45) is 0.714. The van der Waals surface area contributed by atoms with Gasteiger partial charge in [-0.25, -0.2) is 5.48 Å². The number of para-hydroxylation sites is 1. The molecule has 0 spiro atoms. The van der Waals surface area contributed by atoms with Crippen molar-refractivity contribution in [3.63, 3.8) is 0 Å².